The third kappa shape index (κ3) is 5.26. The highest BCUT2D eigenvalue weighted by molar-refractivity contribution is 7.90. The van der Waals surface area contributed by atoms with Gasteiger partial charge in [0.05, 0.1) is 28.6 Å². The Bertz CT molecular complexity index is 1380. The second-order valence-corrected chi connectivity index (χ2v) is 11.0. The highest BCUT2D eigenvalue weighted by Crippen LogP contribution is 2.44. The first kappa shape index (κ1) is 26.8. The molecule has 2 amide bonds. The first-order chi connectivity index (χ1) is 17.0. The number of hydrogen-bond donors (Lipinski definition) is 1. The molecular weight excluding hydrogens is 535 g/mol. The first-order valence-electron chi connectivity index (χ1n) is 10.7. The van der Waals surface area contributed by atoms with Gasteiger partial charge in [-0.25, -0.2) is 26.0 Å². The van der Waals surface area contributed by atoms with E-state index in [2.05, 4.69) is 10.3 Å². The lowest BCUT2D eigenvalue weighted by molar-refractivity contribution is -0.178. The highest BCUT2D eigenvalue weighted by atomic mass is 32.2. The lowest BCUT2D eigenvalue weighted by atomic mass is 9.93. The molecule has 4 rings (SSSR count). The number of likely N-dealkylation sites (tertiary alicyclic amines) is 1. The van der Waals surface area contributed by atoms with Gasteiger partial charge < -0.3 is 10.2 Å². The number of nitrogens with one attached hydrogen (secondary N) is 1. The molecule has 2 aliphatic rings. The SMILES string of the molecule is CS(=O)(=O)c1cncc(C(=O)N2CC(F)(F)[C@@H]2C(=O)N[C@@H](c2cc(F)c(C(F)(F)F)cc2F)C2CC2)c1. The molecule has 2 fully saturated rings. The molecule has 200 valence electrons. The molecule has 15 heteroatoms. The molecule has 2 atom stereocenters. The molecule has 1 N–H and O–H groups in total. The zero-order valence-corrected chi connectivity index (χ0v) is 19.6. The van der Waals surface area contributed by atoms with Crippen molar-refractivity contribution in [1.82, 2.24) is 15.2 Å². The van der Waals surface area contributed by atoms with Crippen molar-refractivity contribution in [3.63, 3.8) is 0 Å². The quantitative estimate of drug-likeness (QED) is 0.553. The summed E-state index contributed by atoms with van der Waals surface area (Å²) in [6, 6.07) is -2.70. The van der Waals surface area contributed by atoms with E-state index in [1.807, 2.05) is 0 Å². The van der Waals surface area contributed by atoms with Crippen molar-refractivity contribution in [3.8, 4) is 0 Å². The number of aromatic nitrogens is 1. The van der Waals surface area contributed by atoms with Crippen LogP contribution in [0.4, 0.5) is 30.7 Å². The van der Waals surface area contributed by atoms with E-state index >= 15 is 0 Å². The number of pyridine rings is 1. The Morgan fingerprint density at radius 1 is 1.11 bits per heavy atom. The third-order valence-corrected chi connectivity index (χ3v) is 7.19. The van der Waals surface area contributed by atoms with Crippen molar-refractivity contribution in [1.29, 1.82) is 0 Å². The molecule has 37 heavy (non-hydrogen) atoms. The van der Waals surface area contributed by atoms with Crippen molar-refractivity contribution < 1.29 is 48.7 Å². The number of alkyl halides is 5. The maximum Gasteiger partial charge on any atom is 0.419 e. The molecule has 0 radical (unpaired) electrons. The van der Waals surface area contributed by atoms with Crippen LogP contribution in [-0.2, 0) is 20.8 Å². The Balaban J connectivity index is 1.60. The second kappa shape index (κ2) is 8.96. The fourth-order valence-corrected chi connectivity index (χ4v) is 4.67. The molecule has 0 unspecified atom stereocenters. The van der Waals surface area contributed by atoms with Gasteiger partial charge in [-0.15, -0.1) is 0 Å². The van der Waals surface area contributed by atoms with Crippen molar-refractivity contribution >= 4 is 21.7 Å². The molecule has 0 spiro atoms. The minimum absolute atomic E-state index is 0.0677. The molecule has 1 aromatic heterocycles. The van der Waals surface area contributed by atoms with Crippen LogP contribution in [0.5, 0.6) is 0 Å². The first-order valence-corrected chi connectivity index (χ1v) is 12.6. The molecule has 7 nitrogen and oxygen atoms in total. The van der Waals surface area contributed by atoms with Gasteiger partial charge in [0, 0.05) is 24.2 Å². The molecule has 1 aromatic carbocycles. The van der Waals surface area contributed by atoms with Crippen LogP contribution in [0, 0.1) is 17.6 Å². The molecule has 2 heterocycles. The van der Waals surface area contributed by atoms with E-state index in [9.17, 15) is 48.7 Å². The minimum atomic E-state index is -5.18. The smallest absolute Gasteiger partial charge is 0.347 e. The van der Waals surface area contributed by atoms with Crippen LogP contribution >= 0.6 is 0 Å². The van der Waals surface area contributed by atoms with E-state index < -0.39 is 81.1 Å². The monoisotopic (exact) mass is 553 g/mol. The molecule has 1 saturated carbocycles. The number of hydrogen-bond acceptors (Lipinski definition) is 5. The van der Waals surface area contributed by atoms with Crippen LogP contribution < -0.4 is 5.32 Å². The summed E-state index contributed by atoms with van der Waals surface area (Å²) in [5, 5.41) is 2.14. The van der Waals surface area contributed by atoms with E-state index in [0.717, 1.165) is 24.7 Å². The van der Waals surface area contributed by atoms with Crippen LogP contribution in [0.15, 0.2) is 35.5 Å². The fraction of sp³-hybridized carbons (Fsp3) is 0.409. The van der Waals surface area contributed by atoms with Gasteiger partial charge >= 0.3 is 6.18 Å². The number of amides is 2. The van der Waals surface area contributed by atoms with E-state index in [1.165, 1.54) is 0 Å². The number of carbonyl (C=O) groups excluding carboxylic acids is 2. The summed E-state index contributed by atoms with van der Waals surface area (Å²) >= 11 is 0. The van der Waals surface area contributed by atoms with Gasteiger partial charge in [-0.2, -0.15) is 13.2 Å². The van der Waals surface area contributed by atoms with Gasteiger partial charge in [-0.1, -0.05) is 0 Å². The number of benzene rings is 1. The maximum absolute atomic E-state index is 14.6. The van der Waals surface area contributed by atoms with Gasteiger partial charge in [0.2, 0.25) is 5.91 Å². The Hall–Kier alpha value is -3.23. The summed E-state index contributed by atoms with van der Waals surface area (Å²) < 4.78 is 120. The Morgan fingerprint density at radius 3 is 2.30 bits per heavy atom. The van der Waals surface area contributed by atoms with Crippen molar-refractivity contribution in [2.24, 2.45) is 5.92 Å². The molecule has 0 bridgehead atoms. The lowest BCUT2D eigenvalue weighted by Gasteiger charge is -2.46. The standard InChI is InChI=1S/C22H18F7N3O4S/c1-37(35,36)12-4-11(7-30-8-12)20(34)32-9-21(25,26)18(32)19(33)31-17(10-2-3-10)13-5-16(24)14(6-15(13)23)22(27,28)29/h4-8,10,17-18H,2-3,9H2,1H3,(H,31,33)/t17-,18+/m1/s1. The highest BCUT2D eigenvalue weighted by Gasteiger charge is 2.61. The van der Waals surface area contributed by atoms with Gasteiger partial charge in [0.25, 0.3) is 11.8 Å². The predicted molar refractivity (Wildman–Crippen MR) is 112 cm³/mol. The Kier molecular flexibility index (Phi) is 6.49. The lowest BCUT2D eigenvalue weighted by Crippen LogP contribution is -2.71. The minimum Gasteiger partial charge on any atom is -0.347 e. The van der Waals surface area contributed by atoms with Crippen LogP contribution in [0.3, 0.4) is 0 Å². The molecule has 1 aliphatic carbocycles. The zero-order chi connectivity index (χ0) is 27.5. The van der Waals surface area contributed by atoms with Crippen LogP contribution in [0.25, 0.3) is 0 Å². The van der Waals surface area contributed by atoms with Gasteiger partial charge in [0.1, 0.15) is 11.6 Å². The van der Waals surface area contributed by atoms with Crippen molar-refractivity contribution in [3.05, 3.63) is 58.9 Å². The molecular formula is C22H18F7N3O4S. The largest absolute Gasteiger partial charge is 0.419 e. The third-order valence-electron chi connectivity index (χ3n) is 6.11. The number of rotatable bonds is 6. The van der Waals surface area contributed by atoms with E-state index in [-0.39, 0.29) is 22.6 Å². The summed E-state index contributed by atoms with van der Waals surface area (Å²) in [4.78, 5) is 29.4. The van der Waals surface area contributed by atoms with E-state index in [0.29, 0.717) is 17.7 Å². The number of sulfone groups is 1. The molecule has 2 aromatic rings. The number of nitrogens with zero attached hydrogens (tertiary/aromatic N) is 2. The van der Waals surface area contributed by atoms with E-state index in [4.69, 9.17) is 0 Å². The fourth-order valence-electron chi connectivity index (χ4n) is 4.08. The van der Waals surface area contributed by atoms with E-state index in [1.54, 1.807) is 0 Å². The summed E-state index contributed by atoms with van der Waals surface area (Å²) in [7, 11) is -3.79. The summed E-state index contributed by atoms with van der Waals surface area (Å²) in [6.07, 6.45) is -1.75. The number of halogens is 7. The number of carbonyl (C=O) groups is 2. The van der Waals surface area contributed by atoms with Gasteiger partial charge in [-0.05, 0) is 37.0 Å². The summed E-state index contributed by atoms with van der Waals surface area (Å²) in [5.74, 6) is -10.1. The normalized spacial score (nSPS) is 20.2. The van der Waals surface area contributed by atoms with Gasteiger partial charge in [-0.3, -0.25) is 14.6 Å². The summed E-state index contributed by atoms with van der Waals surface area (Å²) in [6.45, 7) is -1.19. The predicted octanol–water partition coefficient (Wildman–Crippen LogP) is 3.51. The summed E-state index contributed by atoms with van der Waals surface area (Å²) in [5.41, 5.74) is -2.89. The van der Waals surface area contributed by atoms with Crippen LogP contribution in [0.2, 0.25) is 0 Å². The zero-order valence-electron chi connectivity index (χ0n) is 18.8. The Morgan fingerprint density at radius 2 is 1.76 bits per heavy atom. The molecule has 1 saturated heterocycles. The average Bonchev–Trinajstić information content (AvgIpc) is 3.61. The maximum atomic E-state index is 14.6. The second-order valence-electron chi connectivity index (χ2n) is 8.95. The topological polar surface area (TPSA) is 96.4 Å². The molecule has 1 aliphatic heterocycles. The van der Waals surface area contributed by atoms with Gasteiger partial charge in [0.15, 0.2) is 15.9 Å². The van der Waals surface area contributed by atoms with Crippen molar-refractivity contribution in [2.75, 3.05) is 12.8 Å². The van der Waals surface area contributed by atoms with Crippen LogP contribution in [-0.4, -0.2) is 54.9 Å². The Labute approximate surface area is 205 Å². The average molecular weight is 553 g/mol. The van der Waals surface area contributed by atoms with Crippen LogP contribution in [0.1, 0.15) is 40.4 Å². The van der Waals surface area contributed by atoms with Crippen molar-refractivity contribution in [2.45, 2.75) is 41.9 Å².